The Balaban J connectivity index is 1.76. The topological polar surface area (TPSA) is 92.2 Å². The van der Waals surface area contributed by atoms with Crippen LogP contribution in [0.5, 0.6) is 0 Å². The molecule has 6 nitrogen and oxygen atoms in total. The van der Waals surface area contributed by atoms with Crippen LogP contribution < -0.4 is 10.9 Å². The van der Waals surface area contributed by atoms with Crippen molar-refractivity contribution in [2.45, 2.75) is 76.7 Å². The van der Waals surface area contributed by atoms with E-state index in [9.17, 15) is 27.6 Å². The van der Waals surface area contributed by atoms with E-state index in [4.69, 9.17) is 4.52 Å². The molecule has 9 heteroatoms. The predicted octanol–water partition coefficient (Wildman–Crippen LogP) is 4.07. The van der Waals surface area contributed by atoms with Crippen LogP contribution in [0.3, 0.4) is 0 Å². The Morgan fingerprint density at radius 1 is 1.18 bits per heavy atom. The highest BCUT2D eigenvalue weighted by Crippen LogP contribution is 2.38. The minimum atomic E-state index is -2.78. The Hall–Kier alpha value is -2.84. The zero-order valence-corrected chi connectivity index (χ0v) is 19.0. The van der Waals surface area contributed by atoms with Crippen LogP contribution >= 0.6 is 0 Å². The number of hydrogen-bond donors (Lipinski definition) is 2. The summed E-state index contributed by atoms with van der Waals surface area (Å²) in [4.78, 5) is 36.9. The third-order valence-corrected chi connectivity index (χ3v) is 6.03. The molecule has 0 radical (unpaired) electrons. The first kappa shape index (κ1) is 24.8. The summed E-state index contributed by atoms with van der Waals surface area (Å²) in [7, 11) is 0. The van der Waals surface area contributed by atoms with Gasteiger partial charge >= 0.3 is 0 Å². The lowest BCUT2D eigenvalue weighted by atomic mass is 9.79. The van der Waals surface area contributed by atoms with Gasteiger partial charge in [0, 0.05) is 25.3 Å². The summed E-state index contributed by atoms with van der Waals surface area (Å²) in [5.74, 6) is -4.52. The summed E-state index contributed by atoms with van der Waals surface area (Å²) < 4.78 is 46.8. The van der Waals surface area contributed by atoms with Crippen molar-refractivity contribution in [3.63, 3.8) is 0 Å². The first-order valence-corrected chi connectivity index (χ1v) is 11.0. The molecule has 1 saturated carbocycles. The number of alkyl halides is 2. The maximum absolute atomic E-state index is 14.6. The molecule has 1 heterocycles. The normalized spacial score (nSPS) is 17.5. The number of rotatable bonds is 7. The predicted molar refractivity (Wildman–Crippen MR) is 116 cm³/mol. The molecule has 1 amide bonds. The molecule has 1 fully saturated rings. The molecule has 1 atom stereocenters. The molecule has 1 aliphatic rings. The van der Waals surface area contributed by atoms with Crippen LogP contribution in [0.1, 0.15) is 63.3 Å². The van der Waals surface area contributed by atoms with E-state index in [-0.39, 0.29) is 50.1 Å². The molecule has 0 bridgehead atoms. The molecule has 0 aliphatic heterocycles. The van der Waals surface area contributed by atoms with Crippen LogP contribution in [0.2, 0.25) is 0 Å². The van der Waals surface area contributed by atoms with E-state index in [1.165, 1.54) is 6.07 Å². The van der Waals surface area contributed by atoms with Crippen molar-refractivity contribution < 1.29 is 27.3 Å². The largest absolute Gasteiger partial charge is 0.383 e. The molecular weight excluding hydrogens is 437 g/mol. The zero-order valence-electron chi connectivity index (χ0n) is 19.0. The lowest BCUT2D eigenvalue weighted by Crippen LogP contribution is -2.48. The molecule has 1 aromatic heterocycles. The quantitative estimate of drug-likeness (QED) is 0.644. The van der Waals surface area contributed by atoms with Crippen molar-refractivity contribution in [3.8, 4) is 0 Å². The lowest BCUT2D eigenvalue weighted by molar-refractivity contribution is -0.130. The molecule has 1 aliphatic carbocycles. The number of aromatic amines is 1. The maximum Gasteiger partial charge on any atom is 0.280 e. The van der Waals surface area contributed by atoms with Gasteiger partial charge in [0.25, 0.3) is 5.56 Å². The van der Waals surface area contributed by atoms with Crippen molar-refractivity contribution in [2.24, 2.45) is 5.92 Å². The fourth-order valence-electron chi connectivity index (χ4n) is 4.24. The Morgan fingerprint density at radius 3 is 2.39 bits per heavy atom. The van der Waals surface area contributed by atoms with E-state index in [0.29, 0.717) is 11.1 Å². The summed E-state index contributed by atoms with van der Waals surface area (Å²) in [6.07, 6.45) is -0.975. The number of halogens is 3. The van der Waals surface area contributed by atoms with E-state index in [0.717, 1.165) is 6.07 Å². The van der Waals surface area contributed by atoms with Crippen molar-refractivity contribution in [1.82, 2.24) is 10.5 Å². The van der Waals surface area contributed by atoms with Crippen LogP contribution in [-0.2, 0) is 27.8 Å². The van der Waals surface area contributed by atoms with Gasteiger partial charge in [0.15, 0.2) is 5.78 Å². The Bertz CT molecular complexity index is 1060. The molecule has 33 heavy (non-hydrogen) atoms. The van der Waals surface area contributed by atoms with Gasteiger partial charge in [-0.25, -0.2) is 13.2 Å². The summed E-state index contributed by atoms with van der Waals surface area (Å²) in [5.41, 5.74) is 0.0678. The second-order valence-corrected chi connectivity index (χ2v) is 9.80. The second kappa shape index (κ2) is 9.57. The molecule has 2 N–H and O–H groups in total. The molecule has 0 saturated heterocycles. The number of Topliss-reactive ketones (excluding diaryl/α,β-unsaturated/α-hetero) is 1. The van der Waals surface area contributed by atoms with E-state index in [1.54, 1.807) is 12.1 Å². The van der Waals surface area contributed by atoms with Gasteiger partial charge in [0.2, 0.25) is 11.8 Å². The lowest BCUT2D eigenvalue weighted by Gasteiger charge is -2.33. The fourth-order valence-corrected chi connectivity index (χ4v) is 4.24. The highest BCUT2D eigenvalue weighted by Gasteiger charge is 2.40. The summed E-state index contributed by atoms with van der Waals surface area (Å²) in [6, 6.07) is 4.74. The Kier molecular flexibility index (Phi) is 7.19. The number of ketones is 1. The van der Waals surface area contributed by atoms with Crippen LogP contribution in [-0.4, -0.2) is 28.8 Å². The molecule has 1 aromatic carbocycles. The first-order valence-electron chi connectivity index (χ1n) is 11.0. The average molecular weight is 467 g/mol. The summed E-state index contributed by atoms with van der Waals surface area (Å²) in [6.45, 7) is 5.65. The van der Waals surface area contributed by atoms with Gasteiger partial charge in [-0.05, 0) is 41.4 Å². The van der Waals surface area contributed by atoms with E-state index in [2.05, 4.69) is 10.5 Å². The third-order valence-electron chi connectivity index (χ3n) is 6.03. The number of amides is 1. The maximum atomic E-state index is 14.6. The molecule has 3 rings (SSSR count). The van der Waals surface area contributed by atoms with E-state index in [1.807, 2.05) is 20.8 Å². The van der Waals surface area contributed by atoms with Crippen LogP contribution in [0, 0.1) is 11.7 Å². The van der Waals surface area contributed by atoms with Crippen molar-refractivity contribution in [3.05, 3.63) is 57.3 Å². The van der Waals surface area contributed by atoms with E-state index < -0.39 is 40.6 Å². The van der Waals surface area contributed by atoms with Gasteiger partial charge in [-0.1, -0.05) is 32.9 Å². The van der Waals surface area contributed by atoms with Crippen molar-refractivity contribution in [2.75, 3.05) is 0 Å². The number of nitrogens with one attached hydrogen (secondary N) is 2. The minimum Gasteiger partial charge on any atom is -0.383 e. The van der Waals surface area contributed by atoms with Crippen LogP contribution in [0.4, 0.5) is 13.2 Å². The van der Waals surface area contributed by atoms with Gasteiger partial charge < -0.3 is 9.84 Å². The Morgan fingerprint density at radius 2 is 1.85 bits per heavy atom. The fraction of sp³-hybridized carbons (Fsp3) is 0.542. The first-order chi connectivity index (χ1) is 15.3. The number of hydrogen-bond acceptors (Lipinski definition) is 4. The standard InChI is InChI=1S/C24H29F3N2O4/c1-23(2,3)17-5-4-14(10-18(17)25)11-19(30)22(15-6-8-24(26,27)9-7-15)28-20(31)12-16-13-21(32)29-33-16/h4-5,10,13,15,22H,6-9,11-12H2,1-3H3,(H,28,31)(H,29,32)/t22-/m1/s1. The number of carbonyl (C=O) groups excluding carboxylic acids is 2. The summed E-state index contributed by atoms with van der Waals surface area (Å²) >= 11 is 0. The highest BCUT2D eigenvalue weighted by molar-refractivity contribution is 5.91. The van der Waals surface area contributed by atoms with Crippen molar-refractivity contribution >= 4 is 11.7 Å². The van der Waals surface area contributed by atoms with Gasteiger partial charge in [0.05, 0.1) is 12.5 Å². The van der Waals surface area contributed by atoms with Crippen molar-refractivity contribution in [1.29, 1.82) is 0 Å². The molecule has 180 valence electrons. The van der Waals surface area contributed by atoms with Gasteiger partial charge in [-0.15, -0.1) is 0 Å². The second-order valence-electron chi connectivity index (χ2n) is 9.80. The van der Waals surface area contributed by atoms with Gasteiger partial charge in [-0.3, -0.25) is 14.4 Å². The third kappa shape index (κ3) is 6.58. The highest BCUT2D eigenvalue weighted by atomic mass is 19.3. The average Bonchev–Trinajstić information content (AvgIpc) is 3.10. The van der Waals surface area contributed by atoms with Crippen LogP contribution in [0.25, 0.3) is 0 Å². The minimum absolute atomic E-state index is 0.0836. The molecular formula is C24H29F3N2O4. The van der Waals surface area contributed by atoms with Crippen LogP contribution in [0.15, 0.2) is 33.6 Å². The number of aromatic nitrogens is 1. The monoisotopic (exact) mass is 466 g/mol. The molecule has 2 aromatic rings. The molecule has 0 unspecified atom stereocenters. The Labute approximate surface area is 189 Å². The summed E-state index contributed by atoms with van der Waals surface area (Å²) in [5, 5.41) is 4.72. The zero-order chi connectivity index (χ0) is 24.4. The SMILES string of the molecule is CC(C)(C)c1ccc(CC(=O)[C@H](NC(=O)Cc2cc(=O)[nH]o2)C2CCC(F)(F)CC2)cc1F. The van der Waals surface area contributed by atoms with E-state index >= 15 is 0 Å². The smallest absolute Gasteiger partial charge is 0.280 e. The van der Waals surface area contributed by atoms with Gasteiger partial charge in [0.1, 0.15) is 11.6 Å². The number of H-pyrrole nitrogens is 1. The number of benzene rings is 1. The molecule has 0 spiro atoms. The number of carbonyl (C=O) groups is 2. The van der Waals surface area contributed by atoms with Gasteiger partial charge in [-0.2, -0.15) is 5.16 Å².